The maximum Gasteiger partial charge on any atom is 0.264 e. The lowest BCUT2D eigenvalue weighted by atomic mass is 10.3. The quantitative estimate of drug-likeness (QED) is 0.405. The van der Waals surface area contributed by atoms with Crippen LogP contribution in [-0.4, -0.2) is 79.1 Å². The molecule has 0 amide bonds. The van der Waals surface area contributed by atoms with Gasteiger partial charge in [-0.1, -0.05) is 0 Å². The van der Waals surface area contributed by atoms with Crippen LogP contribution in [0.1, 0.15) is 69.2 Å². The Balaban J connectivity index is 4.19. The van der Waals surface area contributed by atoms with Crippen molar-refractivity contribution in [2.24, 2.45) is 4.99 Å². The molecule has 0 aliphatic carbocycles. The zero-order valence-electron chi connectivity index (χ0n) is 20.2. The molecule has 1 heterocycles. The van der Waals surface area contributed by atoms with Gasteiger partial charge in [-0.3, -0.25) is 9.30 Å². The van der Waals surface area contributed by atoms with E-state index in [2.05, 4.69) is 4.99 Å². The molecule has 0 aromatic heterocycles. The van der Waals surface area contributed by atoms with Gasteiger partial charge in [0, 0.05) is 38.3 Å². The topological polar surface area (TPSA) is 90.4 Å². The van der Waals surface area contributed by atoms with Gasteiger partial charge in [-0.05, 0) is 69.2 Å². The Morgan fingerprint density at radius 2 is 1.43 bits per heavy atom. The standard InChI is InChI=1S/C20H40N4O4S2/c1-11-22(12-2)18-17(9)29(25,26)20(10,30(27,28)24(18)16(7)8)19(21-15(5)6)23(13-3)14-4/h15-16H,11-14H2,1-10H3. The molecule has 1 aliphatic heterocycles. The third kappa shape index (κ3) is 3.97. The average Bonchev–Trinajstić information content (AvgIpc) is 2.64. The molecule has 0 bridgehead atoms. The third-order valence-corrected chi connectivity index (χ3v) is 11.3. The van der Waals surface area contributed by atoms with Crippen LogP contribution in [-0.2, 0) is 19.9 Å². The summed E-state index contributed by atoms with van der Waals surface area (Å²) in [6.45, 7) is 19.4. The van der Waals surface area contributed by atoms with Crippen LogP contribution in [0.2, 0.25) is 0 Å². The van der Waals surface area contributed by atoms with Gasteiger partial charge in [-0.25, -0.2) is 16.8 Å². The lowest BCUT2D eigenvalue weighted by Crippen LogP contribution is -2.65. The van der Waals surface area contributed by atoms with E-state index >= 15 is 0 Å². The lowest BCUT2D eigenvalue weighted by Gasteiger charge is -2.48. The molecule has 0 N–H and O–H groups in total. The Bertz CT molecular complexity index is 884. The Labute approximate surface area is 184 Å². The van der Waals surface area contributed by atoms with Crippen LogP contribution < -0.4 is 0 Å². The van der Waals surface area contributed by atoms with E-state index < -0.39 is 30.0 Å². The van der Waals surface area contributed by atoms with E-state index in [0.29, 0.717) is 26.2 Å². The van der Waals surface area contributed by atoms with Gasteiger partial charge < -0.3 is 9.80 Å². The maximum absolute atomic E-state index is 14.1. The molecule has 30 heavy (non-hydrogen) atoms. The van der Waals surface area contributed by atoms with Crippen molar-refractivity contribution >= 4 is 25.7 Å². The van der Waals surface area contributed by atoms with Crippen LogP contribution >= 0.6 is 0 Å². The van der Waals surface area contributed by atoms with Gasteiger partial charge in [-0.2, -0.15) is 0 Å². The zero-order valence-corrected chi connectivity index (χ0v) is 21.9. The zero-order chi connectivity index (χ0) is 23.7. The molecule has 0 spiro atoms. The number of nitrogens with zero attached hydrogens (tertiary/aromatic N) is 4. The monoisotopic (exact) mass is 464 g/mol. The molecule has 0 saturated heterocycles. The molecule has 0 saturated carbocycles. The van der Waals surface area contributed by atoms with Crippen LogP contribution in [0.3, 0.4) is 0 Å². The first-order chi connectivity index (χ1) is 13.7. The van der Waals surface area contributed by atoms with E-state index in [-0.39, 0.29) is 22.6 Å². The Hall–Kier alpha value is -1.29. The van der Waals surface area contributed by atoms with Gasteiger partial charge in [0.15, 0.2) is 0 Å². The number of allylic oxidation sites excluding steroid dienone is 1. The van der Waals surface area contributed by atoms with Crippen molar-refractivity contribution in [3.63, 3.8) is 0 Å². The molecule has 0 radical (unpaired) electrons. The molecule has 0 aromatic rings. The number of hydrogen-bond donors (Lipinski definition) is 0. The number of sulfone groups is 1. The second kappa shape index (κ2) is 9.46. The summed E-state index contributed by atoms with van der Waals surface area (Å²) in [5, 5.41) is 0. The van der Waals surface area contributed by atoms with Gasteiger partial charge >= 0.3 is 0 Å². The Morgan fingerprint density at radius 3 is 1.77 bits per heavy atom. The predicted molar refractivity (Wildman–Crippen MR) is 124 cm³/mol. The summed E-state index contributed by atoms with van der Waals surface area (Å²) < 4.78 is 55.2. The van der Waals surface area contributed by atoms with Gasteiger partial charge in [0.1, 0.15) is 11.7 Å². The van der Waals surface area contributed by atoms with Crippen molar-refractivity contribution in [2.75, 3.05) is 26.2 Å². The van der Waals surface area contributed by atoms with E-state index in [4.69, 9.17) is 0 Å². The number of aliphatic imine (C=N–C) groups is 1. The number of amidine groups is 1. The highest BCUT2D eigenvalue weighted by molar-refractivity contribution is 8.13. The van der Waals surface area contributed by atoms with Crippen molar-refractivity contribution < 1.29 is 16.8 Å². The molecular weight excluding hydrogens is 424 g/mol. The van der Waals surface area contributed by atoms with Crippen molar-refractivity contribution in [2.45, 2.75) is 85.4 Å². The highest BCUT2D eigenvalue weighted by atomic mass is 32.3. The van der Waals surface area contributed by atoms with Crippen molar-refractivity contribution in [1.82, 2.24) is 14.1 Å². The summed E-state index contributed by atoms with van der Waals surface area (Å²) >= 11 is 0. The summed E-state index contributed by atoms with van der Waals surface area (Å²) in [4.78, 5) is 8.17. The predicted octanol–water partition coefficient (Wildman–Crippen LogP) is 2.85. The van der Waals surface area contributed by atoms with Gasteiger partial charge in [0.05, 0.1) is 4.91 Å². The fraction of sp³-hybridized carbons (Fsp3) is 0.850. The molecular formula is C20H40N4O4S2. The van der Waals surface area contributed by atoms with Gasteiger partial charge in [-0.15, -0.1) is 0 Å². The van der Waals surface area contributed by atoms with Crippen LogP contribution in [0.25, 0.3) is 0 Å². The highest BCUT2D eigenvalue weighted by Crippen LogP contribution is 2.44. The molecule has 1 rings (SSSR count). The third-order valence-electron chi connectivity index (χ3n) is 5.57. The molecule has 1 atom stereocenters. The summed E-state index contributed by atoms with van der Waals surface area (Å²) in [6.07, 6.45) is 0. The van der Waals surface area contributed by atoms with E-state index in [1.54, 1.807) is 23.6 Å². The van der Waals surface area contributed by atoms with Crippen molar-refractivity contribution in [3.05, 3.63) is 10.7 Å². The van der Waals surface area contributed by atoms with E-state index in [1.165, 1.54) is 18.2 Å². The number of sulfonamides is 1. The summed E-state index contributed by atoms with van der Waals surface area (Å²) in [5.74, 6) is 0.335. The molecule has 1 unspecified atom stereocenters. The normalized spacial score (nSPS) is 24.0. The first-order valence-electron chi connectivity index (χ1n) is 10.8. The Morgan fingerprint density at radius 1 is 0.967 bits per heavy atom. The minimum absolute atomic E-state index is 0.0702. The minimum atomic E-state index is -4.35. The van der Waals surface area contributed by atoms with Crippen molar-refractivity contribution in [1.29, 1.82) is 0 Å². The van der Waals surface area contributed by atoms with Crippen LogP contribution in [0.5, 0.6) is 0 Å². The first-order valence-corrected chi connectivity index (χ1v) is 13.7. The fourth-order valence-electron chi connectivity index (χ4n) is 3.90. The lowest BCUT2D eigenvalue weighted by molar-refractivity contribution is 0.261. The summed E-state index contributed by atoms with van der Waals surface area (Å²) in [7, 11) is -8.62. The second-order valence-corrected chi connectivity index (χ2v) is 13.0. The first kappa shape index (κ1) is 26.7. The van der Waals surface area contributed by atoms with Gasteiger partial charge in [0.25, 0.3) is 10.0 Å². The van der Waals surface area contributed by atoms with Crippen molar-refractivity contribution in [3.8, 4) is 0 Å². The Kier molecular flexibility index (Phi) is 8.43. The van der Waals surface area contributed by atoms with Gasteiger partial charge in [0.2, 0.25) is 13.9 Å². The fourth-order valence-corrected chi connectivity index (χ4v) is 8.98. The smallest absolute Gasteiger partial charge is 0.264 e. The minimum Gasteiger partial charge on any atom is -0.359 e. The van der Waals surface area contributed by atoms with E-state index in [9.17, 15) is 16.8 Å². The highest BCUT2D eigenvalue weighted by Gasteiger charge is 2.64. The largest absolute Gasteiger partial charge is 0.359 e. The average molecular weight is 465 g/mol. The van der Waals surface area contributed by atoms with E-state index in [0.717, 1.165) is 0 Å². The molecule has 8 nitrogen and oxygen atoms in total. The molecule has 176 valence electrons. The number of hydrogen-bond acceptors (Lipinski definition) is 6. The summed E-state index contributed by atoms with van der Waals surface area (Å²) in [5.41, 5.74) is 0. The number of rotatable bonds is 8. The van der Waals surface area contributed by atoms with Crippen LogP contribution in [0.15, 0.2) is 15.7 Å². The molecule has 0 fully saturated rings. The van der Waals surface area contributed by atoms with Crippen LogP contribution in [0, 0.1) is 0 Å². The second-order valence-electron chi connectivity index (χ2n) is 8.11. The van der Waals surface area contributed by atoms with Crippen LogP contribution in [0.4, 0.5) is 0 Å². The maximum atomic E-state index is 14.1. The SMILES string of the molecule is CCN(CC)C(=NC(C)C)C1(C)S(=O)(=O)C(C)=C(N(CC)CC)N(C(C)C)S1(=O)=O. The van der Waals surface area contributed by atoms with E-state index in [1.807, 2.05) is 41.5 Å². The molecule has 1 aliphatic rings. The summed E-state index contributed by atoms with van der Waals surface area (Å²) in [6, 6.07) is -0.712. The molecule has 10 heteroatoms. The molecule has 0 aromatic carbocycles.